The summed E-state index contributed by atoms with van der Waals surface area (Å²) in [5, 5.41) is 1.77. The molecule has 0 aromatic carbocycles. The summed E-state index contributed by atoms with van der Waals surface area (Å²) in [6.45, 7) is 6.18. The van der Waals surface area contributed by atoms with Crippen LogP contribution in [0.3, 0.4) is 0 Å². The van der Waals surface area contributed by atoms with Crippen LogP contribution < -0.4 is 10.6 Å². The van der Waals surface area contributed by atoms with Crippen LogP contribution in [0.1, 0.15) is 6.92 Å². The van der Waals surface area contributed by atoms with Gasteiger partial charge in [0.25, 0.3) is 0 Å². The van der Waals surface area contributed by atoms with Crippen LogP contribution in [0.5, 0.6) is 0 Å². The third kappa shape index (κ3) is 3.32. The van der Waals surface area contributed by atoms with Gasteiger partial charge >= 0.3 is 0 Å². The van der Waals surface area contributed by atoms with Crippen molar-refractivity contribution in [1.29, 1.82) is 0 Å². The SMILES string of the molecule is C=c1nccc/c1=C/C=C(/C)COCl. The van der Waals surface area contributed by atoms with E-state index in [-0.39, 0.29) is 0 Å². The number of aromatic nitrogens is 1. The van der Waals surface area contributed by atoms with Gasteiger partial charge in [-0.15, -0.1) is 0 Å². The van der Waals surface area contributed by atoms with Crippen molar-refractivity contribution in [3.63, 3.8) is 0 Å². The molecule has 0 spiro atoms. The Hall–Kier alpha value is -1.12. The predicted octanol–water partition coefficient (Wildman–Crippen LogP) is 1.39. The Balaban J connectivity index is 2.95. The molecule has 0 aliphatic heterocycles. The summed E-state index contributed by atoms with van der Waals surface area (Å²) in [7, 11) is 0. The summed E-state index contributed by atoms with van der Waals surface area (Å²) < 4.78 is 4.47. The lowest BCUT2D eigenvalue weighted by Gasteiger charge is -1.92. The maximum absolute atomic E-state index is 5.13. The van der Waals surface area contributed by atoms with Gasteiger partial charge < -0.3 is 0 Å². The predicted molar refractivity (Wildman–Crippen MR) is 59.0 cm³/mol. The Kier molecular flexibility index (Phi) is 4.36. The monoisotopic (exact) mass is 209 g/mol. The molecule has 2 nitrogen and oxygen atoms in total. The van der Waals surface area contributed by atoms with Crippen LogP contribution in [0.4, 0.5) is 0 Å². The van der Waals surface area contributed by atoms with Gasteiger partial charge in [0, 0.05) is 6.20 Å². The number of pyridine rings is 1. The third-order valence-electron chi connectivity index (χ3n) is 1.76. The average molecular weight is 210 g/mol. The summed E-state index contributed by atoms with van der Waals surface area (Å²) in [4.78, 5) is 4.07. The van der Waals surface area contributed by atoms with Crippen molar-refractivity contribution in [2.24, 2.45) is 0 Å². The Morgan fingerprint density at radius 1 is 1.71 bits per heavy atom. The number of rotatable bonds is 3. The van der Waals surface area contributed by atoms with Crippen LogP contribution >= 0.6 is 11.9 Å². The Labute approximate surface area is 88.4 Å². The molecule has 0 radical (unpaired) electrons. The van der Waals surface area contributed by atoms with Crippen LogP contribution in [0.15, 0.2) is 30.0 Å². The zero-order chi connectivity index (χ0) is 10.4. The summed E-state index contributed by atoms with van der Waals surface area (Å²) in [5.41, 5.74) is 1.04. The lowest BCUT2D eigenvalue weighted by Crippen LogP contribution is -2.25. The maximum Gasteiger partial charge on any atom is 0.0893 e. The van der Waals surface area contributed by atoms with Gasteiger partial charge in [-0.1, -0.05) is 24.8 Å². The first kappa shape index (κ1) is 11.0. The highest BCUT2D eigenvalue weighted by molar-refractivity contribution is 6.07. The van der Waals surface area contributed by atoms with E-state index in [9.17, 15) is 0 Å². The molecule has 0 atom stereocenters. The highest BCUT2D eigenvalue weighted by Gasteiger charge is 1.86. The first-order valence-corrected chi connectivity index (χ1v) is 4.56. The molecule has 0 bridgehead atoms. The van der Waals surface area contributed by atoms with Crippen molar-refractivity contribution >= 4 is 24.5 Å². The van der Waals surface area contributed by atoms with E-state index in [4.69, 9.17) is 11.9 Å². The minimum atomic E-state index is 0.421. The van der Waals surface area contributed by atoms with Crippen molar-refractivity contribution in [1.82, 2.24) is 4.98 Å². The average Bonchev–Trinajstić information content (AvgIpc) is 2.17. The second-order valence-electron chi connectivity index (χ2n) is 2.97. The number of halogens is 1. The zero-order valence-electron chi connectivity index (χ0n) is 8.03. The van der Waals surface area contributed by atoms with Crippen LogP contribution in [0.2, 0.25) is 0 Å². The fourth-order valence-corrected chi connectivity index (χ4v) is 1.14. The van der Waals surface area contributed by atoms with Crippen LogP contribution in [-0.2, 0) is 4.29 Å². The van der Waals surface area contributed by atoms with E-state index in [0.717, 1.165) is 16.1 Å². The van der Waals surface area contributed by atoms with Gasteiger partial charge in [-0.05, 0) is 23.8 Å². The molecule has 1 rings (SSSR count). The van der Waals surface area contributed by atoms with Crippen LogP contribution in [-0.4, -0.2) is 11.6 Å². The van der Waals surface area contributed by atoms with Crippen LogP contribution in [0, 0.1) is 0 Å². The van der Waals surface area contributed by atoms with Gasteiger partial charge in [0.2, 0.25) is 0 Å². The van der Waals surface area contributed by atoms with Crippen molar-refractivity contribution in [2.45, 2.75) is 6.92 Å². The fourth-order valence-electron chi connectivity index (χ4n) is 0.968. The summed E-state index contributed by atoms with van der Waals surface area (Å²) in [5.74, 6) is 0. The number of hydrogen-bond donors (Lipinski definition) is 0. The second kappa shape index (κ2) is 5.58. The molecule has 1 aromatic heterocycles. The molecule has 1 aromatic rings. The van der Waals surface area contributed by atoms with Gasteiger partial charge in [0.15, 0.2) is 0 Å². The molecule has 1 heterocycles. The fraction of sp³-hybridized carbons (Fsp3) is 0.182. The van der Waals surface area contributed by atoms with E-state index in [1.807, 2.05) is 31.2 Å². The minimum Gasteiger partial charge on any atom is -0.275 e. The quantitative estimate of drug-likeness (QED) is 0.751. The molecular weight excluding hydrogens is 198 g/mol. The highest BCUT2D eigenvalue weighted by Crippen LogP contribution is 1.94. The summed E-state index contributed by atoms with van der Waals surface area (Å²) in [6.07, 6.45) is 5.60. The topological polar surface area (TPSA) is 22.1 Å². The smallest absolute Gasteiger partial charge is 0.0893 e. The summed E-state index contributed by atoms with van der Waals surface area (Å²) >= 11 is 5.13. The standard InChI is InChI=1S/C11H12ClNO/c1-9(8-14-12)5-6-11-4-3-7-13-10(11)2/h3-7H,2,8H2,1H3/b9-5-,11-6-. The lowest BCUT2D eigenvalue weighted by atomic mass is 10.2. The van der Waals surface area contributed by atoms with E-state index < -0.39 is 0 Å². The van der Waals surface area contributed by atoms with E-state index in [1.165, 1.54) is 0 Å². The number of allylic oxidation sites excluding steroid dienone is 1. The largest absolute Gasteiger partial charge is 0.275 e. The Morgan fingerprint density at radius 2 is 2.50 bits per heavy atom. The summed E-state index contributed by atoms with van der Waals surface area (Å²) in [6, 6.07) is 3.84. The molecular formula is C11H12ClNO. The van der Waals surface area contributed by atoms with Gasteiger partial charge in [-0.25, -0.2) is 0 Å². The van der Waals surface area contributed by atoms with Gasteiger partial charge in [-0.3, -0.25) is 9.27 Å². The third-order valence-corrected chi connectivity index (χ3v) is 1.86. The second-order valence-corrected chi connectivity index (χ2v) is 3.19. The molecule has 0 saturated heterocycles. The molecule has 0 fully saturated rings. The van der Waals surface area contributed by atoms with Crippen molar-refractivity contribution in [3.8, 4) is 0 Å². The lowest BCUT2D eigenvalue weighted by molar-refractivity contribution is 0.391. The van der Waals surface area contributed by atoms with Crippen molar-refractivity contribution in [2.75, 3.05) is 6.61 Å². The van der Waals surface area contributed by atoms with E-state index in [2.05, 4.69) is 15.9 Å². The van der Waals surface area contributed by atoms with Crippen molar-refractivity contribution < 1.29 is 4.29 Å². The van der Waals surface area contributed by atoms with Gasteiger partial charge in [-0.2, -0.15) is 0 Å². The molecule has 14 heavy (non-hydrogen) atoms. The molecule has 74 valence electrons. The first-order chi connectivity index (χ1) is 6.74. The molecule has 3 heteroatoms. The van der Waals surface area contributed by atoms with Gasteiger partial charge in [0.1, 0.15) is 0 Å². The van der Waals surface area contributed by atoms with E-state index in [0.29, 0.717) is 6.61 Å². The first-order valence-electron chi connectivity index (χ1n) is 4.25. The minimum absolute atomic E-state index is 0.421. The number of nitrogens with zero attached hydrogens (tertiary/aromatic N) is 1. The molecule has 0 amide bonds. The number of hydrogen-bond acceptors (Lipinski definition) is 2. The molecule has 0 saturated carbocycles. The highest BCUT2D eigenvalue weighted by atomic mass is 35.5. The Bertz CT molecular complexity index is 425. The normalized spacial score (nSPS) is 13.3. The maximum atomic E-state index is 5.13. The van der Waals surface area contributed by atoms with E-state index >= 15 is 0 Å². The van der Waals surface area contributed by atoms with Crippen LogP contribution in [0.25, 0.3) is 12.7 Å². The van der Waals surface area contributed by atoms with Crippen molar-refractivity contribution in [3.05, 3.63) is 40.5 Å². The Morgan fingerprint density at radius 3 is 3.14 bits per heavy atom. The zero-order valence-corrected chi connectivity index (χ0v) is 8.79. The van der Waals surface area contributed by atoms with Gasteiger partial charge in [0.05, 0.1) is 23.8 Å². The van der Waals surface area contributed by atoms with E-state index in [1.54, 1.807) is 6.20 Å². The molecule has 0 aliphatic carbocycles. The molecule has 0 unspecified atom stereocenters. The molecule has 0 N–H and O–H groups in total. The molecule has 0 aliphatic rings.